The summed E-state index contributed by atoms with van der Waals surface area (Å²) >= 11 is 0. The Bertz CT molecular complexity index is 2570. The van der Waals surface area contributed by atoms with Gasteiger partial charge in [0.15, 0.2) is 5.78 Å². The summed E-state index contributed by atoms with van der Waals surface area (Å²) in [4.78, 5) is 89.0. The normalized spacial score (nSPS) is 21.2. The van der Waals surface area contributed by atoms with Gasteiger partial charge in [-0.15, -0.1) is 24.8 Å². The molecule has 0 radical (unpaired) electrons. The van der Waals surface area contributed by atoms with Crippen LogP contribution in [0.25, 0.3) is 11.0 Å². The molecular weight excluding hydrogens is 910 g/mol. The lowest BCUT2D eigenvalue weighted by Gasteiger charge is -2.39. The van der Waals surface area contributed by atoms with Gasteiger partial charge in [0.05, 0.1) is 29.7 Å². The Kier molecular flexibility index (Phi) is 15.4. The van der Waals surface area contributed by atoms with Gasteiger partial charge in [-0.05, 0) is 100 Å². The number of aryl methyl sites for hydroxylation is 1. The van der Waals surface area contributed by atoms with Crippen molar-refractivity contribution < 1.29 is 23.9 Å². The number of amides is 3. The Morgan fingerprint density at radius 1 is 0.779 bits per heavy atom. The zero-order valence-corrected chi connectivity index (χ0v) is 40.6. The molecule has 19 heteroatoms. The molecule has 0 bridgehead atoms. The second-order valence-electron chi connectivity index (χ2n) is 19.1. The predicted octanol–water partition coefficient (Wildman–Crippen LogP) is 5.43. The number of likely N-dealkylation sites (tertiary alicyclic amines) is 1. The Hall–Kier alpha value is -5.20. The van der Waals surface area contributed by atoms with Crippen molar-refractivity contribution in [3.63, 3.8) is 0 Å². The van der Waals surface area contributed by atoms with E-state index < -0.39 is 6.04 Å². The number of halogens is 2. The van der Waals surface area contributed by atoms with Gasteiger partial charge in [-0.3, -0.25) is 38.8 Å². The number of pyridine rings is 2. The molecule has 1 unspecified atom stereocenters. The fourth-order valence-electron chi connectivity index (χ4n) is 11.1. The van der Waals surface area contributed by atoms with Crippen molar-refractivity contribution in [3.8, 4) is 0 Å². The molecule has 4 aromatic rings. The first-order chi connectivity index (χ1) is 32.1. The Labute approximate surface area is 409 Å². The van der Waals surface area contributed by atoms with Crippen LogP contribution in [-0.4, -0.2) is 141 Å². The maximum Gasteiger partial charge on any atom is 0.263 e. The Morgan fingerprint density at radius 2 is 1.44 bits per heavy atom. The van der Waals surface area contributed by atoms with Gasteiger partial charge in [-0.1, -0.05) is 12.8 Å². The maximum absolute atomic E-state index is 13.6. The van der Waals surface area contributed by atoms with Crippen LogP contribution in [0.2, 0.25) is 0 Å². The number of fused-ring (bicyclic) bond motifs is 2. The fraction of sp³-hybridized carbons (Fsp3) is 0.551. The molecule has 17 nitrogen and oxygen atoms in total. The molecule has 4 saturated heterocycles. The highest BCUT2D eigenvalue weighted by atomic mass is 35.5. The van der Waals surface area contributed by atoms with E-state index >= 15 is 0 Å². The number of hydrogen-bond acceptors (Lipinski definition) is 14. The van der Waals surface area contributed by atoms with Gasteiger partial charge in [0.1, 0.15) is 17.5 Å². The van der Waals surface area contributed by atoms with Crippen LogP contribution >= 0.6 is 24.8 Å². The lowest BCUT2D eigenvalue weighted by molar-refractivity contribution is -0.136. The number of anilines is 4. The highest BCUT2D eigenvalue weighted by molar-refractivity contribution is 6.05. The zero-order valence-electron chi connectivity index (χ0n) is 39.0. The van der Waals surface area contributed by atoms with E-state index in [-0.39, 0.29) is 78.0 Å². The summed E-state index contributed by atoms with van der Waals surface area (Å²) in [6, 6.07) is 9.46. The largest absolute Gasteiger partial charge is 0.375 e. The van der Waals surface area contributed by atoms with Gasteiger partial charge in [0.25, 0.3) is 11.5 Å². The Balaban J connectivity index is 0.00000312. The molecule has 3 aromatic heterocycles. The van der Waals surface area contributed by atoms with E-state index in [1.807, 2.05) is 24.4 Å². The summed E-state index contributed by atoms with van der Waals surface area (Å²) < 4.78 is 8.40. The second-order valence-corrected chi connectivity index (χ2v) is 19.1. The highest BCUT2D eigenvalue weighted by Crippen LogP contribution is 2.34. The summed E-state index contributed by atoms with van der Waals surface area (Å²) in [5.41, 5.74) is 4.92. The first-order valence-electron chi connectivity index (χ1n) is 24.1. The third-order valence-corrected chi connectivity index (χ3v) is 14.9. The number of benzene rings is 1. The van der Waals surface area contributed by atoms with Crippen LogP contribution in [0, 0.1) is 6.92 Å². The van der Waals surface area contributed by atoms with Gasteiger partial charge < -0.3 is 29.7 Å². The lowest BCUT2D eigenvalue weighted by atomic mass is 10.0. The van der Waals surface area contributed by atoms with Gasteiger partial charge in [0.2, 0.25) is 17.8 Å². The van der Waals surface area contributed by atoms with Crippen molar-refractivity contribution in [1.29, 1.82) is 0 Å². The summed E-state index contributed by atoms with van der Waals surface area (Å²) in [5, 5.41) is 6.34. The minimum atomic E-state index is -0.600. The molecule has 10 rings (SSSR count). The van der Waals surface area contributed by atoms with Crippen molar-refractivity contribution >= 4 is 82.5 Å². The van der Waals surface area contributed by atoms with E-state index in [1.54, 1.807) is 22.6 Å². The molecule has 2 N–H and O–H groups in total. The molecule has 1 atom stereocenters. The molecule has 364 valence electrons. The van der Waals surface area contributed by atoms with Gasteiger partial charge in [-0.2, -0.15) is 4.98 Å². The number of nitrogens with one attached hydrogen (secondary N) is 2. The average Bonchev–Trinajstić information content (AvgIpc) is 3.97. The van der Waals surface area contributed by atoms with Crippen LogP contribution in [0.3, 0.4) is 0 Å². The topological polar surface area (TPSA) is 178 Å². The van der Waals surface area contributed by atoms with E-state index in [0.29, 0.717) is 47.6 Å². The molecule has 3 amide bonds. The van der Waals surface area contributed by atoms with Crippen LogP contribution in [0.4, 0.5) is 23.1 Å². The third-order valence-electron chi connectivity index (χ3n) is 14.9. The van der Waals surface area contributed by atoms with E-state index in [1.165, 1.54) is 6.92 Å². The molecule has 1 saturated carbocycles. The van der Waals surface area contributed by atoms with Crippen molar-refractivity contribution in [1.82, 2.24) is 39.5 Å². The Morgan fingerprint density at radius 3 is 2.10 bits per heavy atom. The maximum atomic E-state index is 13.6. The number of nitrogens with zero attached hydrogens (tertiary/aromatic N) is 9. The van der Waals surface area contributed by atoms with Crippen molar-refractivity contribution in [2.24, 2.45) is 0 Å². The fourth-order valence-corrected chi connectivity index (χ4v) is 11.1. The molecule has 6 aliphatic rings. The van der Waals surface area contributed by atoms with Gasteiger partial charge in [-0.25, -0.2) is 9.97 Å². The number of rotatable bonds is 12. The molecular formula is C49H63Cl2N11O6. The van der Waals surface area contributed by atoms with E-state index in [4.69, 9.17) is 14.7 Å². The van der Waals surface area contributed by atoms with E-state index in [9.17, 15) is 24.0 Å². The number of ketones is 1. The lowest BCUT2D eigenvalue weighted by Crippen LogP contribution is -2.52. The molecule has 0 spiro atoms. The van der Waals surface area contributed by atoms with E-state index in [2.05, 4.69) is 47.3 Å². The highest BCUT2D eigenvalue weighted by Gasteiger charge is 2.39. The number of piperidine rings is 3. The molecule has 5 fully saturated rings. The predicted molar refractivity (Wildman–Crippen MR) is 265 cm³/mol. The third kappa shape index (κ3) is 10.2. The number of aromatic nitrogens is 4. The second kappa shape index (κ2) is 21.2. The number of ether oxygens (including phenoxy) is 1. The van der Waals surface area contributed by atoms with Crippen LogP contribution in [-0.2, 0) is 20.9 Å². The number of Topliss-reactive ketones (excluding diaryl/α,β-unsaturated/α-hetero) is 1. The van der Waals surface area contributed by atoms with E-state index in [0.717, 1.165) is 139 Å². The van der Waals surface area contributed by atoms with Crippen molar-refractivity contribution in [2.45, 2.75) is 109 Å². The minimum absolute atomic E-state index is 0. The van der Waals surface area contributed by atoms with Gasteiger partial charge in [0, 0.05) is 107 Å². The molecule has 5 aliphatic heterocycles. The summed E-state index contributed by atoms with van der Waals surface area (Å²) in [6.07, 6.45) is 12.7. The average molecular weight is 973 g/mol. The van der Waals surface area contributed by atoms with Gasteiger partial charge >= 0.3 is 0 Å². The van der Waals surface area contributed by atoms with Crippen LogP contribution in [0.1, 0.15) is 109 Å². The quantitative estimate of drug-likeness (QED) is 0.136. The minimum Gasteiger partial charge on any atom is -0.375 e. The monoisotopic (exact) mass is 971 g/mol. The molecule has 1 aromatic carbocycles. The molecule has 68 heavy (non-hydrogen) atoms. The summed E-state index contributed by atoms with van der Waals surface area (Å²) in [5.74, 6) is -0.0400. The first kappa shape index (κ1) is 49.2. The number of carbonyl (C=O) groups is 4. The molecule has 1 aliphatic carbocycles. The first-order valence-corrected chi connectivity index (χ1v) is 24.1. The summed E-state index contributed by atoms with van der Waals surface area (Å²) in [6.45, 7) is 13.6. The number of imide groups is 1. The standard InChI is InChI=1S/C49H61N11O6.2ClH/c1-31-40-29-51-49(54-45(40)60(34-5-3-4-6-34)48(65)44(31)32(2)61)52-42-11-8-36(28-50-42)58-25-23-56(24-26-58)22-21-55-17-13-37(14-18-55)66-38-15-19-57(20-16-38)35-7-9-39-33(27-35)30-59(47(39)64)41-10-12-43(62)53-46(41)63;;/h7-9,11,27-29,34,37-38,41H,3-6,10,12-26,30H2,1-2H3,(H,53,62,63)(H,50,51,52,54);2*1H. The summed E-state index contributed by atoms with van der Waals surface area (Å²) in [7, 11) is 0. The zero-order chi connectivity index (χ0) is 45.5. The molecule has 8 heterocycles. The number of carbonyl (C=O) groups excluding carboxylic acids is 4. The van der Waals surface area contributed by atoms with Crippen LogP contribution in [0.5, 0.6) is 0 Å². The van der Waals surface area contributed by atoms with Crippen molar-refractivity contribution in [2.75, 3.05) is 80.6 Å². The van der Waals surface area contributed by atoms with Crippen LogP contribution in [0.15, 0.2) is 47.5 Å². The number of hydrogen-bond donors (Lipinski definition) is 2. The SMILES string of the molecule is CC(=O)c1c(C)c2cnc(Nc3ccc(N4CCN(CCN5CCC(OC6CCN(c7ccc8c(c7)CN(C7CCC(=O)NC7=O)C8=O)CC6)CC5)CC4)cn3)nc2n(C2CCCC2)c1=O.Cl.Cl. The smallest absolute Gasteiger partial charge is 0.263 e. The van der Waals surface area contributed by atoms with Crippen LogP contribution < -0.4 is 26.0 Å². The van der Waals surface area contributed by atoms with Crippen molar-refractivity contribution in [3.05, 3.63) is 75.3 Å². The number of piperazine rings is 1.